The van der Waals surface area contributed by atoms with E-state index < -0.39 is 157 Å². The molecule has 0 aromatic heterocycles. The summed E-state index contributed by atoms with van der Waals surface area (Å²) < 4.78 is 43.9. The Morgan fingerprint density at radius 1 is 0.621 bits per heavy atom. The van der Waals surface area contributed by atoms with Crippen molar-refractivity contribution < 1.29 is 94.4 Å². The van der Waals surface area contributed by atoms with E-state index in [0.29, 0.717) is 32.1 Å². The molecule has 4 saturated carbocycles. The van der Waals surface area contributed by atoms with Crippen LogP contribution in [0.15, 0.2) is 0 Å². The fourth-order valence-corrected chi connectivity index (χ4v) is 15.3. The summed E-state index contributed by atoms with van der Waals surface area (Å²) in [5.74, 6) is -0.564. The smallest absolute Gasteiger partial charge is 0.187 e. The van der Waals surface area contributed by atoms with Crippen molar-refractivity contribution in [2.24, 2.45) is 45.3 Å². The van der Waals surface area contributed by atoms with Crippen LogP contribution < -0.4 is 0 Å². The maximum atomic E-state index is 12.5. The van der Waals surface area contributed by atoms with Crippen LogP contribution in [-0.4, -0.2) is 203 Å². The van der Waals surface area contributed by atoms with Gasteiger partial charge in [-0.05, 0) is 117 Å². The van der Waals surface area contributed by atoms with Gasteiger partial charge < -0.3 is 94.4 Å². The van der Waals surface area contributed by atoms with Crippen molar-refractivity contribution >= 4 is 0 Å². The number of aliphatic hydroxyl groups excluding tert-OH is 11. The van der Waals surface area contributed by atoms with Crippen molar-refractivity contribution in [2.75, 3.05) is 19.8 Å². The number of fused-ring (bicyclic) bond motifs is 5. The van der Waals surface area contributed by atoms with Crippen LogP contribution in [0.2, 0.25) is 0 Å². The molecule has 8 aliphatic rings. The molecule has 4 aliphatic heterocycles. The highest BCUT2D eigenvalue weighted by atomic mass is 16.8. The molecule has 8 rings (SSSR count). The third-order valence-electron chi connectivity index (χ3n) is 19.1. The first-order valence-corrected chi connectivity index (χ1v) is 24.3. The Hall–Kier alpha value is -0.760. The lowest BCUT2D eigenvalue weighted by molar-refractivity contribution is -0.397. The van der Waals surface area contributed by atoms with Crippen molar-refractivity contribution in [2.45, 2.75) is 228 Å². The third kappa shape index (κ3) is 8.16. The van der Waals surface area contributed by atoms with E-state index in [4.69, 9.17) is 33.2 Å². The highest BCUT2D eigenvalue weighted by Crippen LogP contribution is 2.76. The molecule has 19 heteroatoms. The van der Waals surface area contributed by atoms with E-state index in [0.717, 1.165) is 19.3 Å². The Morgan fingerprint density at radius 3 is 1.76 bits per heavy atom. The minimum atomic E-state index is -1.87. The van der Waals surface area contributed by atoms with Crippen molar-refractivity contribution in [1.29, 1.82) is 0 Å². The van der Waals surface area contributed by atoms with Crippen LogP contribution in [0.1, 0.15) is 107 Å². The van der Waals surface area contributed by atoms with Gasteiger partial charge in [-0.3, -0.25) is 0 Å². The molecule has 0 amide bonds. The standard InChI is InChI=1S/C47H80O19/c1-42(2)27(52)10-12-44(5)26-15-21(50)29-20(47(8)14-11-28(66-47)43(3,4)59)9-13-45(29,6)46(26,7)16-23(38(42)44)61-40-36(33(56)31(54)24(17-48)62-40)65-41-37(34(57)32(55)25(18-49)63-41)64-39-35(58)30(53)22(51)19-60-39/h20-41,48-59H,9-19H2,1-8H3/t20-,21+,22+,23-,24+,25+,26+,27-,28-,29-,30-,31+,32+,33-,34-,35+,36+,37+,38+,39+,40-,41+,44+,45+,46+,47-/m0/s1. The zero-order chi connectivity index (χ0) is 48.4. The van der Waals surface area contributed by atoms with E-state index in [2.05, 4.69) is 27.7 Å². The Balaban J connectivity index is 1.15. The molecule has 4 heterocycles. The summed E-state index contributed by atoms with van der Waals surface area (Å²) in [6.07, 6.45) is -20.7. The summed E-state index contributed by atoms with van der Waals surface area (Å²) in [6.45, 7) is 14.5. The summed E-state index contributed by atoms with van der Waals surface area (Å²) >= 11 is 0. The SMILES string of the molecule is CC(C)(O)[C@@H]1CC[C@@](C)([C@H]2CC[C@]3(C)[C@@H]2[C@H](O)C[C@@H]2[C@@]4(C)CC[C@H](O)C(C)(C)[C@H]4[C@@H](O[C@H]4O[C@H](CO)[C@@H](O)[C@H](O)[C@H]4O[C@H]4O[C@H](CO)[C@@H](O)[C@H](O)[C@H]4O[C@H]4OC[C@@H](O)[C@H](O)[C@H]4O)C[C@]23C)O1. The molecule has 382 valence electrons. The molecule has 66 heavy (non-hydrogen) atoms. The second-order valence-electron chi connectivity index (χ2n) is 23.6. The van der Waals surface area contributed by atoms with Crippen LogP contribution in [0.3, 0.4) is 0 Å². The van der Waals surface area contributed by atoms with Crippen LogP contribution in [0, 0.1) is 45.3 Å². The quantitative estimate of drug-likeness (QED) is 0.114. The van der Waals surface area contributed by atoms with Gasteiger partial charge in [-0.2, -0.15) is 0 Å². The lowest BCUT2D eigenvalue weighted by Crippen LogP contribution is -2.71. The van der Waals surface area contributed by atoms with Gasteiger partial charge in [0, 0.05) is 0 Å². The summed E-state index contributed by atoms with van der Waals surface area (Å²) in [7, 11) is 0. The first kappa shape index (κ1) is 51.6. The van der Waals surface area contributed by atoms with Gasteiger partial charge in [-0.25, -0.2) is 0 Å². The van der Waals surface area contributed by atoms with Gasteiger partial charge in [0.25, 0.3) is 0 Å². The van der Waals surface area contributed by atoms with Crippen LogP contribution in [0.4, 0.5) is 0 Å². The first-order chi connectivity index (χ1) is 30.7. The Morgan fingerprint density at radius 2 is 1.20 bits per heavy atom. The van der Waals surface area contributed by atoms with E-state index in [1.165, 1.54) is 0 Å². The largest absolute Gasteiger partial charge is 0.394 e. The van der Waals surface area contributed by atoms with Gasteiger partial charge in [0.2, 0.25) is 0 Å². The van der Waals surface area contributed by atoms with Gasteiger partial charge in [-0.1, -0.05) is 34.6 Å². The van der Waals surface area contributed by atoms with Crippen LogP contribution in [0.5, 0.6) is 0 Å². The van der Waals surface area contributed by atoms with Gasteiger partial charge in [0.05, 0.1) is 55.4 Å². The second kappa shape index (κ2) is 18.1. The number of rotatable bonds is 10. The van der Waals surface area contributed by atoms with Gasteiger partial charge in [0.15, 0.2) is 18.9 Å². The molecule has 26 atom stereocenters. The second-order valence-corrected chi connectivity index (χ2v) is 23.6. The van der Waals surface area contributed by atoms with Crippen LogP contribution in [-0.2, 0) is 33.2 Å². The normalized spacial score (nSPS) is 56.4. The Labute approximate surface area is 387 Å². The number of hydrogen-bond donors (Lipinski definition) is 12. The zero-order valence-corrected chi connectivity index (χ0v) is 39.7. The van der Waals surface area contributed by atoms with Crippen molar-refractivity contribution in [3.8, 4) is 0 Å². The van der Waals surface area contributed by atoms with E-state index in [-0.39, 0.29) is 29.8 Å². The molecule has 0 bridgehead atoms. The fourth-order valence-electron chi connectivity index (χ4n) is 15.3. The van der Waals surface area contributed by atoms with E-state index in [1.54, 1.807) is 13.8 Å². The third-order valence-corrected chi connectivity index (χ3v) is 19.1. The van der Waals surface area contributed by atoms with E-state index in [1.807, 2.05) is 13.8 Å². The lowest BCUT2D eigenvalue weighted by atomic mass is 9.34. The molecule has 0 spiro atoms. The average molecular weight is 949 g/mol. The topological polar surface area (TPSA) is 307 Å². The molecule has 19 nitrogen and oxygen atoms in total. The summed E-state index contributed by atoms with van der Waals surface area (Å²) in [5.41, 5.74) is -3.83. The summed E-state index contributed by atoms with van der Waals surface area (Å²) in [6, 6.07) is 0. The predicted molar refractivity (Wildman–Crippen MR) is 228 cm³/mol. The van der Waals surface area contributed by atoms with Crippen molar-refractivity contribution in [3.63, 3.8) is 0 Å². The molecular weight excluding hydrogens is 868 g/mol. The minimum Gasteiger partial charge on any atom is -0.394 e. The van der Waals surface area contributed by atoms with Crippen molar-refractivity contribution in [1.82, 2.24) is 0 Å². The molecule has 8 fully saturated rings. The Bertz CT molecular complexity index is 1700. The van der Waals surface area contributed by atoms with Gasteiger partial charge >= 0.3 is 0 Å². The Kier molecular flexibility index (Phi) is 14.1. The van der Waals surface area contributed by atoms with E-state index in [9.17, 15) is 61.3 Å². The highest BCUT2D eigenvalue weighted by molar-refractivity contribution is 5.22. The number of aliphatic hydroxyl groups is 12. The maximum absolute atomic E-state index is 12.5. The first-order valence-electron chi connectivity index (χ1n) is 24.3. The predicted octanol–water partition coefficient (Wildman–Crippen LogP) is -1.21. The fraction of sp³-hybridized carbons (Fsp3) is 1.00. The van der Waals surface area contributed by atoms with Gasteiger partial charge in [0.1, 0.15) is 67.1 Å². The number of ether oxygens (including phenoxy) is 7. The molecule has 0 unspecified atom stereocenters. The molecule has 0 aromatic carbocycles. The van der Waals surface area contributed by atoms with E-state index >= 15 is 0 Å². The van der Waals surface area contributed by atoms with Crippen molar-refractivity contribution in [3.05, 3.63) is 0 Å². The van der Waals surface area contributed by atoms with Gasteiger partial charge in [-0.15, -0.1) is 0 Å². The maximum Gasteiger partial charge on any atom is 0.187 e. The minimum absolute atomic E-state index is 0.00530. The van der Waals surface area contributed by atoms with Crippen LogP contribution >= 0.6 is 0 Å². The monoisotopic (exact) mass is 949 g/mol. The average Bonchev–Trinajstić information content (AvgIpc) is 3.85. The zero-order valence-electron chi connectivity index (χ0n) is 39.7. The summed E-state index contributed by atoms with van der Waals surface area (Å²) in [5, 5.41) is 133. The molecule has 0 aromatic rings. The summed E-state index contributed by atoms with van der Waals surface area (Å²) in [4.78, 5) is 0. The highest BCUT2D eigenvalue weighted by Gasteiger charge is 2.74. The molecule has 0 radical (unpaired) electrons. The van der Waals surface area contributed by atoms with Crippen LogP contribution in [0.25, 0.3) is 0 Å². The lowest BCUT2D eigenvalue weighted by Gasteiger charge is -2.72. The molecule has 12 N–H and O–H groups in total. The molecule has 4 aliphatic carbocycles. The molecular formula is C47H80O19. The molecule has 4 saturated heterocycles. The number of hydrogen-bond acceptors (Lipinski definition) is 19.